The van der Waals surface area contributed by atoms with Gasteiger partial charge in [-0.25, -0.2) is 0 Å². The Hall–Kier alpha value is -0.940. The first kappa shape index (κ1) is 11.5. The summed E-state index contributed by atoms with van der Waals surface area (Å²) in [6.07, 6.45) is 2.42. The molecule has 2 aliphatic rings. The van der Waals surface area contributed by atoms with Crippen LogP contribution in [0.3, 0.4) is 0 Å². The van der Waals surface area contributed by atoms with Crippen molar-refractivity contribution < 1.29 is 9.59 Å². The first-order chi connectivity index (χ1) is 7.69. The molecule has 2 heterocycles. The third-order valence-electron chi connectivity index (χ3n) is 3.44. The number of amides is 2. The molecule has 0 aliphatic carbocycles. The van der Waals surface area contributed by atoms with Gasteiger partial charge in [-0.2, -0.15) is 0 Å². The number of piperidine rings is 1. The third-order valence-corrected chi connectivity index (χ3v) is 3.44. The molecule has 2 N–H and O–H groups in total. The third kappa shape index (κ3) is 2.59. The van der Waals surface area contributed by atoms with Gasteiger partial charge in [-0.3, -0.25) is 14.9 Å². The van der Waals surface area contributed by atoms with E-state index >= 15 is 0 Å². The van der Waals surface area contributed by atoms with Crippen LogP contribution in [0.5, 0.6) is 0 Å². The van der Waals surface area contributed by atoms with Crippen molar-refractivity contribution in [2.45, 2.75) is 38.3 Å². The van der Waals surface area contributed by atoms with Crippen molar-refractivity contribution in [3.05, 3.63) is 0 Å². The first-order valence-corrected chi connectivity index (χ1v) is 6.01. The van der Waals surface area contributed by atoms with Crippen molar-refractivity contribution in [2.24, 2.45) is 0 Å². The lowest BCUT2D eigenvalue weighted by Gasteiger charge is -2.32. The van der Waals surface area contributed by atoms with Crippen molar-refractivity contribution in [1.82, 2.24) is 15.5 Å². The molecule has 0 aromatic rings. The van der Waals surface area contributed by atoms with Gasteiger partial charge in [0.1, 0.15) is 0 Å². The SMILES string of the molecule is CCN1CCC(NC2CC(=O)NC2=O)CC1. The topological polar surface area (TPSA) is 61.4 Å². The predicted molar refractivity (Wildman–Crippen MR) is 59.8 cm³/mol. The van der Waals surface area contributed by atoms with Gasteiger partial charge >= 0.3 is 0 Å². The fraction of sp³-hybridized carbons (Fsp3) is 0.818. The lowest BCUT2D eigenvalue weighted by molar-refractivity contribution is -0.125. The number of likely N-dealkylation sites (tertiary alicyclic amines) is 1. The van der Waals surface area contributed by atoms with E-state index in [0.717, 1.165) is 32.5 Å². The van der Waals surface area contributed by atoms with E-state index in [-0.39, 0.29) is 17.9 Å². The smallest absolute Gasteiger partial charge is 0.244 e. The summed E-state index contributed by atoms with van der Waals surface area (Å²) in [5.41, 5.74) is 0. The highest BCUT2D eigenvalue weighted by Crippen LogP contribution is 2.12. The highest BCUT2D eigenvalue weighted by Gasteiger charge is 2.32. The summed E-state index contributed by atoms with van der Waals surface area (Å²) in [6.45, 7) is 5.42. The number of nitrogens with zero attached hydrogens (tertiary/aromatic N) is 1. The molecule has 1 unspecified atom stereocenters. The van der Waals surface area contributed by atoms with Crippen LogP contribution in [0, 0.1) is 0 Å². The minimum atomic E-state index is -0.300. The minimum absolute atomic E-state index is 0.159. The van der Waals surface area contributed by atoms with Gasteiger partial charge in [-0.1, -0.05) is 6.92 Å². The summed E-state index contributed by atoms with van der Waals surface area (Å²) in [6, 6.07) is 0.0788. The van der Waals surface area contributed by atoms with E-state index in [2.05, 4.69) is 22.5 Å². The molecule has 2 rings (SSSR count). The van der Waals surface area contributed by atoms with Crippen molar-refractivity contribution in [1.29, 1.82) is 0 Å². The van der Waals surface area contributed by atoms with E-state index in [4.69, 9.17) is 0 Å². The van der Waals surface area contributed by atoms with Gasteiger partial charge in [0, 0.05) is 6.04 Å². The van der Waals surface area contributed by atoms with Crippen LogP contribution in [0.2, 0.25) is 0 Å². The maximum Gasteiger partial charge on any atom is 0.244 e. The molecule has 0 aromatic carbocycles. The summed E-state index contributed by atoms with van der Waals surface area (Å²) in [7, 11) is 0. The molecular formula is C11H19N3O2. The Labute approximate surface area is 95.6 Å². The Morgan fingerprint density at radius 2 is 2.06 bits per heavy atom. The molecule has 5 nitrogen and oxygen atoms in total. The second kappa shape index (κ2) is 4.93. The average molecular weight is 225 g/mol. The van der Waals surface area contributed by atoms with E-state index < -0.39 is 0 Å². The van der Waals surface area contributed by atoms with Crippen LogP contribution in [0.15, 0.2) is 0 Å². The van der Waals surface area contributed by atoms with Gasteiger partial charge in [0.15, 0.2) is 0 Å². The van der Waals surface area contributed by atoms with Gasteiger partial charge in [-0.15, -0.1) is 0 Å². The number of nitrogens with one attached hydrogen (secondary N) is 2. The quantitative estimate of drug-likeness (QED) is 0.634. The lowest BCUT2D eigenvalue weighted by atomic mass is 10.0. The molecule has 5 heteroatoms. The van der Waals surface area contributed by atoms with Gasteiger partial charge < -0.3 is 10.2 Å². The van der Waals surface area contributed by atoms with Crippen LogP contribution in [0.1, 0.15) is 26.2 Å². The van der Waals surface area contributed by atoms with Crippen LogP contribution < -0.4 is 10.6 Å². The number of carbonyl (C=O) groups is 2. The molecule has 0 bridgehead atoms. The Kier molecular flexibility index (Phi) is 3.56. The van der Waals surface area contributed by atoms with E-state index in [1.54, 1.807) is 0 Å². The summed E-state index contributed by atoms with van der Waals surface area (Å²) in [5, 5.41) is 5.61. The van der Waals surface area contributed by atoms with Crippen molar-refractivity contribution in [3.8, 4) is 0 Å². The van der Waals surface area contributed by atoms with Crippen molar-refractivity contribution in [2.75, 3.05) is 19.6 Å². The van der Waals surface area contributed by atoms with Gasteiger partial charge in [-0.05, 0) is 32.5 Å². The van der Waals surface area contributed by atoms with Gasteiger partial charge in [0.25, 0.3) is 0 Å². The number of hydrogen-bond donors (Lipinski definition) is 2. The Morgan fingerprint density at radius 3 is 2.56 bits per heavy atom. The average Bonchev–Trinajstić information content (AvgIpc) is 2.59. The monoisotopic (exact) mass is 225 g/mol. The van der Waals surface area contributed by atoms with E-state index in [1.165, 1.54) is 0 Å². The van der Waals surface area contributed by atoms with Crippen LogP contribution in [0.4, 0.5) is 0 Å². The van der Waals surface area contributed by atoms with Crippen LogP contribution in [-0.4, -0.2) is 48.4 Å². The highest BCUT2D eigenvalue weighted by atomic mass is 16.2. The van der Waals surface area contributed by atoms with Crippen LogP contribution in [-0.2, 0) is 9.59 Å². The fourth-order valence-corrected chi connectivity index (χ4v) is 2.39. The fourth-order valence-electron chi connectivity index (χ4n) is 2.39. The second-order valence-electron chi connectivity index (χ2n) is 4.54. The molecule has 1 atom stereocenters. The molecule has 0 radical (unpaired) electrons. The maximum absolute atomic E-state index is 11.4. The number of hydrogen-bond acceptors (Lipinski definition) is 4. The molecule has 0 saturated carbocycles. The van der Waals surface area contributed by atoms with E-state index in [9.17, 15) is 9.59 Å². The highest BCUT2D eigenvalue weighted by molar-refractivity contribution is 6.05. The lowest BCUT2D eigenvalue weighted by Crippen LogP contribution is -2.48. The minimum Gasteiger partial charge on any atom is -0.303 e. The molecule has 0 aromatic heterocycles. The van der Waals surface area contributed by atoms with E-state index in [1.807, 2.05) is 0 Å². The Morgan fingerprint density at radius 1 is 1.38 bits per heavy atom. The summed E-state index contributed by atoms with van der Waals surface area (Å²) >= 11 is 0. The van der Waals surface area contributed by atoms with Crippen molar-refractivity contribution in [3.63, 3.8) is 0 Å². The Bertz CT molecular complexity index is 285. The Balaban J connectivity index is 1.78. The second-order valence-corrected chi connectivity index (χ2v) is 4.54. The zero-order valence-corrected chi connectivity index (χ0v) is 9.66. The molecule has 2 amide bonds. The zero-order valence-electron chi connectivity index (χ0n) is 9.66. The van der Waals surface area contributed by atoms with Crippen LogP contribution in [0.25, 0.3) is 0 Å². The standard InChI is InChI=1S/C11H19N3O2/c1-2-14-5-3-8(4-6-14)12-9-7-10(15)13-11(9)16/h8-9,12H,2-7H2,1H3,(H,13,15,16). The zero-order chi connectivity index (χ0) is 11.5. The normalized spacial score (nSPS) is 28.4. The van der Waals surface area contributed by atoms with Crippen LogP contribution >= 0.6 is 0 Å². The number of imide groups is 1. The van der Waals surface area contributed by atoms with Crippen molar-refractivity contribution >= 4 is 11.8 Å². The first-order valence-electron chi connectivity index (χ1n) is 6.01. The molecule has 2 aliphatic heterocycles. The predicted octanol–water partition coefficient (Wildman–Crippen LogP) is -0.525. The van der Waals surface area contributed by atoms with Gasteiger partial charge in [0.2, 0.25) is 11.8 Å². The molecule has 16 heavy (non-hydrogen) atoms. The summed E-state index contributed by atoms with van der Waals surface area (Å²) in [4.78, 5) is 24.8. The summed E-state index contributed by atoms with van der Waals surface area (Å²) < 4.78 is 0. The van der Waals surface area contributed by atoms with E-state index in [0.29, 0.717) is 12.5 Å². The largest absolute Gasteiger partial charge is 0.303 e. The molecular weight excluding hydrogens is 206 g/mol. The number of carbonyl (C=O) groups excluding carboxylic acids is 2. The molecule has 2 saturated heterocycles. The number of rotatable bonds is 3. The van der Waals surface area contributed by atoms with Gasteiger partial charge in [0.05, 0.1) is 12.5 Å². The molecule has 90 valence electrons. The maximum atomic E-state index is 11.4. The summed E-state index contributed by atoms with van der Waals surface area (Å²) in [5.74, 6) is -0.323. The molecule has 2 fully saturated rings. The molecule has 0 spiro atoms.